The van der Waals surface area contributed by atoms with Crippen LogP contribution in [0.15, 0.2) is 18.3 Å². The molecule has 0 radical (unpaired) electrons. The molecule has 0 bridgehead atoms. The van der Waals surface area contributed by atoms with Gasteiger partial charge in [-0.1, -0.05) is 19.4 Å². The number of aryl methyl sites for hydroxylation is 3. The SMILES string of the molecule is CCCc1cc(NCC)nc(-c2ncc(C)cc2C)n1. The number of nitrogens with one attached hydrogen (secondary N) is 1. The van der Waals surface area contributed by atoms with Gasteiger partial charge in [0.2, 0.25) is 0 Å². The Bertz CT molecular complexity index is 569. The zero-order valence-corrected chi connectivity index (χ0v) is 12.7. The molecule has 0 atom stereocenters. The molecule has 0 saturated carbocycles. The molecule has 2 aromatic heterocycles. The van der Waals surface area contributed by atoms with Crippen molar-refractivity contribution in [3.05, 3.63) is 35.2 Å². The second-order valence-corrected chi connectivity index (χ2v) is 5.03. The van der Waals surface area contributed by atoms with Crippen LogP contribution < -0.4 is 5.32 Å². The van der Waals surface area contributed by atoms with E-state index in [1.165, 1.54) is 0 Å². The van der Waals surface area contributed by atoms with E-state index in [1.54, 1.807) is 0 Å². The van der Waals surface area contributed by atoms with E-state index in [1.807, 2.05) is 19.2 Å². The van der Waals surface area contributed by atoms with Crippen molar-refractivity contribution in [1.82, 2.24) is 15.0 Å². The van der Waals surface area contributed by atoms with Crippen LogP contribution in [0.25, 0.3) is 11.5 Å². The molecule has 106 valence electrons. The molecule has 20 heavy (non-hydrogen) atoms. The molecule has 2 aromatic rings. The van der Waals surface area contributed by atoms with Gasteiger partial charge in [0.15, 0.2) is 5.82 Å². The van der Waals surface area contributed by atoms with Crippen molar-refractivity contribution >= 4 is 5.82 Å². The molecule has 2 heterocycles. The van der Waals surface area contributed by atoms with Gasteiger partial charge in [-0.2, -0.15) is 0 Å². The standard InChI is InChI=1S/C16H22N4/c1-5-7-13-9-14(17-6-2)20-16(19-13)15-12(4)8-11(3)10-18-15/h8-10H,5-7H2,1-4H3,(H,17,19,20). The van der Waals surface area contributed by atoms with Crippen LogP contribution in [-0.2, 0) is 6.42 Å². The van der Waals surface area contributed by atoms with Crippen LogP contribution in [0.5, 0.6) is 0 Å². The number of hydrogen-bond acceptors (Lipinski definition) is 4. The lowest BCUT2D eigenvalue weighted by Gasteiger charge is -2.10. The zero-order chi connectivity index (χ0) is 14.5. The van der Waals surface area contributed by atoms with E-state index in [2.05, 4.69) is 47.1 Å². The topological polar surface area (TPSA) is 50.7 Å². The summed E-state index contributed by atoms with van der Waals surface area (Å²) in [6.45, 7) is 9.17. The fourth-order valence-corrected chi connectivity index (χ4v) is 2.21. The molecule has 0 aliphatic rings. The smallest absolute Gasteiger partial charge is 0.180 e. The summed E-state index contributed by atoms with van der Waals surface area (Å²) < 4.78 is 0. The number of rotatable bonds is 5. The average Bonchev–Trinajstić information content (AvgIpc) is 2.39. The van der Waals surface area contributed by atoms with Gasteiger partial charge in [0.1, 0.15) is 11.5 Å². The second-order valence-electron chi connectivity index (χ2n) is 5.03. The molecule has 1 N–H and O–H groups in total. The molecule has 0 aliphatic heterocycles. The Hall–Kier alpha value is -1.97. The van der Waals surface area contributed by atoms with Gasteiger partial charge in [-0.15, -0.1) is 0 Å². The van der Waals surface area contributed by atoms with Crippen LogP contribution in [0.3, 0.4) is 0 Å². The highest BCUT2D eigenvalue weighted by Crippen LogP contribution is 2.20. The summed E-state index contributed by atoms with van der Waals surface area (Å²) in [5.74, 6) is 1.59. The lowest BCUT2D eigenvalue weighted by molar-refractivity contribution is 0.873. The minimum Gasteiger partial charge on any atom is -0.370 e. The summed E-state index contributed by atoms with van der Waals surface area (Å²) in [6.07, 6.45) is 3.90. The summed E-state index contributed by atoms with van der Waals surface area (Å²) in [5, 5.41) is 3.27. The highest BCUT2D eigenvalue weighted by Gasteiger charge is 2.10. The summed E-state index contributed by atoms with van der Waals surface area (Å²) in [5.41, 5.74) is 4.20. The normalized spacial score (nSPS) is 10.6. The number of hydrogen-bond donors (Lipinski definition) is 1. The van der Waals surface area contributed by atoms with Crippen LogP contribution in [0.2, 0.25) is 0 Å². The van der Waals surface area contributed by atoms with Crippen LogP contribution in [0, 0.1) is 13.8 Å². The predicted molar refractivity (Wildman–Crippen MR) is 82.9 cm³/mol. The Labute approximate surface area is 120 Å². The monoisotopic (exact) mass is 270 g/mol. The van der Waals surface area contributed by atoms with Gasteiger partial charge < -0.3 is 5.32 Å². The van der Waals surface area contributed by atoms with Gasteiger partial charge >= 0.3 is 0 Å². The van der Waals surface area contributed by atoms with Gasteiger partial charge in [0.05, 0.1) is 0 Å². The van der Waals surface area contributed by atoms with Crippen molar-refractivity contribution in [1.29, 1.82) is 0 Å². The minimum absolute atomic E-state index is 0.712. The molecule has 0 fully saturated rings. The lowest BCUT2D eigenvalue weighted by atomic mass is 10.1. The van der Waals surface area contributed by atoms with E-state index in [4.69, 9.17) is 0 Å². The van der Waals surface area contributed by atoms with Crippen molar-refractivity contribution in [2.45, 2.75) is 40.5 Å². The number of pyridine rings is 1. The van der Waals surface area contributed by atoms with Gasteiger partial charge in [0.25, 0.3) is 0 Å². The van der Waals surface area contributed by atoms with Gasteiger partial charge in [-0.05, 0) is 38.3 Å². The molecule has 0 unspecified atom stereocenters. The molecular formula is C16H22N4. The van der Waals surface area contributed by atoms with Crippen LogP contribution >= 0.6 is 0 Å². The Morgan fingerprint density at radius 1 is 1.10 bits per heavy atom. The van der Waals surface area contributed by atoms with E-state index >= 15 is 0 Å². The van der Waals surface area contributed by atoms with Gasteiger partial charge in [0, 0.05) is 24.5 Å². The quantitative estimate of drug-likeness (QED) is 0.903. The first-order valence-electron chi connectivity index (χ1n) is 7.19. The van der Waals surface area contributed by atoms with E-state index < -0.39 is 0 Å². The maximum absolute atomic E-state index is 4.65. The first-order chi connectivity index (χ1) is 9.63. The third-order valence-corrected chi connectivity index (χ3v) is 3.07. The average molecular weight is 270 g/mol. The first-order valence-corrected chi connectivity index (χ1v) is 7.19. The van der Waals surface area contributed by atoms with Crippen LogP contribution in [0.1, 0.15) is 37.1 Å². The van der Waals surface area contributed by atoms with Crippen molar-refractivity contribution in [3.8, 4) is 11.5 Å². The highest BCUT2D eigenvalue weighted by molar-refractivity contribution is 5.57. The Balaban J connectivity index is 2.48. The largest absolute Gasteiger partial charge is 0.370 e. The summed E-state index contributed by atoms with van der Waals surface area (Å²) in [7, 11) is 0. The molecule has 4 heteroatoms. The van der Waals surface area contributed by atoms with E-state index in [0.717, 1.165) is 47.7 Å². The van der Waals surface area contributed by atoms with Crippen LogP contribution in [-0.4, -0.2) is 21.5 Å². The zero-order valence-electron chi connectivity index (χ0n) is 12.7. The Kier molecular flexibility index (Phi) is 4.66. The maximum Gasteiger partial charge on any atom is 0.180 e. The Morgan fingerprint density at radius 2 is 1.90 bits per heavy atom. The van der Waals surface area contributed by atoms with Crippen molar-refractivity contribution in [2.24, 2.45) is 0 Å². The van der Waals surface area contributed by atoms with Gasteiger partial charge in [-0.3, -0.25) is 4.98 Å². The molecule has 0 spiro atoms. The summed E-state index contributed by atoms with van der Waals surface area (Å²) in [4.78, 5) is 13.7. The number of anilines is 1. The molecule has 2 rings (SSSR count). The van der Waals surface area contributed by atoms with Crippen molar-refractivity contribution < 1.29 is 0 Å². The van der Waals surface area contributed by atoms with Crippen molar-refractivity contribution in [2.75, 3.05) is 11.9 Å². The van der Waals surface area contributed by atoms with E-state index in [9.17, 15) is 0 Å². The third kappa shape index (κ3) is 3.32. The minimum atomic E-state index is 0.712. The molecule has 0 aromatic carbocycles. The maximum atomic E-state index is 4.65. The fraction of sp³-hybridized carbons (Fsp3) is 0.438. The molecule has 0 saturated heterocycles. The number of aromatic nitrogens is 3. The summed E-state index contributed by atoms with van der Waals surface area (Å²) in [6, 6.07) is 4.14. The first kappa shape index (κ1) is 14.4. The molecule has 0 amide bonds. The van der Waals surface area contributed by atoms with Crippen LogP contribution in [0.4, 0.5) is 5.82 Å². The number of nitrogens with zero attached hydrogens (tertiary/aromatic N) is 3. The van der Waals surface area contributed by atoms with Gasteiger partial charge in [-0.25, -0.2) is 9.97 Å². The molecule has 0 aliphatic carbocycles. The van der Waals surface area contributed by atoms with E-state index in [-0.39, 0.29) is 0 Å². The third-order valence-electron chi connectivity index (χ3n) is 3.07. The summed E-state index contributed by atoms with van der Waals surface area (Å²) >= 11 is 0. The fourth-order valence-electron chi connectivity index (χ4n) is 2.21. The van der Waals surface area contributed by atoms with E-state index in [0.29, 0.717) is 5.82 Å². The second kappa shape index (κ2) is 6.46. The molecular weight excluding hydrogens is 248 g/mol. The predicted octanol–water partition coefficient (Wildman–Crippen LogP) is 3.54. The highest BCUT2D eigenvalue weighted by atomic mass is 15.0. The molecule has 4 nitrogen and oxygen atoms in total. The lowest BCUT2D eigenvalue weighted by Crippen LogP contribution is -2.05. The van der Waals surface area contributed by atoms with Crippen molar-refractivity contribution in [3.63, 3.8) is 0 Å². The Morgan fingerprint density at radius 3 is 2.55 bits per heavy atom.